The molecule has 4 nitrogen and oxygen atoms in total. The van der Waals surface area contributed by atoms with E-state index in [1.165, 1.54) is 12.1 Å². The summed E-state index contributed by atoms with van der Waals surface area (Å²) in [7, 11) is 0. The summed E-state index contributed by atoms with van der Waals surface area (Å²) in [5.74, 6) is -0.113. The van der Waals surface area contributed by atoms with Crippen molar-refractivity contribution in [1.29, 1.82) is 0 Å². The number of para-hydroxylation sites is 1. The molecule has 2 bridgehead atoms. The van der Waals surface area contributed by atoms with Crippen LogP contribution in [-0.4, -0.2) is 22.6 Å². The third kappa shape index (κ3) is 2.99. The van der Waals surface area contributed by atoms with Gasteiger partial charge in [0.25, 0.3) is 5.91 Å². The monoisotopic (exact) mass is 413 g/mol. The summed E-state index contributed by atoms with van der Waals surface area (Å²) in [5.41, 5.74) is 7.35. The molecule has 3 saturated carbocycles. The number of amides is 1. The highest BCUT2D eigenvalue weighted by Crippen LogP contribution is 2.66. The molecule has 0 radical (unpaired) electrons. The van der Waals surface area contributed by atoms with Crippen LogP contribution in [0.3, 0.4) is 0 Å². The Kier molecular flexibility index (Phi) is 4.06. The largest absolute Gasteiger partial charge is 0.416 e. The highest BCUT2D eigenvalue weighted by molar-refractivity contribution is 6.06. The predicted octanol–water partition coefficient (Wildman–Crippen LogP) is 4.32. The molecular weight excluding hydrogens is 391 g/mol. The lowest BCUT2D eigenvalue weighted by Crippen LogP contribution is -2.76. The van der Waals surface area contributed by atoms with E-state index in [0.717, 1.165) is 47.9 Å². The first-order chi connectivity index (χ1) is 14.2. The fraction of sp³-hybridized carbons (Fsp3) is 0.348. The number of carbonyl (C=O) groups is 1. The average molecular weight is 413 g/mol. The Balaban J connectivity index is 1.40. The van der Waals surface area contributed by atoms with Crippen LogP contribution < -0.4 is 11.1 Å². The van der Waals surface area contributed by atoms with Gasteiger partial charge in [0.1, 0.15) is 0 Å². The second kappa shape index (κ2) is 6.35. The Bertz CT molecular complexity index is 1110. The van der Waals surface area contributed by atoms with Gasteiger partial charge in [0, 0.05) is 23.7 Å². The third-order valence-corrected chi connectivity index (χ3v) is 6.62. The Morgan fingerprint density at radius 3 is 2.40 bits per heavy atom. The maximum atomic E-state index is 13.1. The molecule has 2 aromatic carbocycles. The van der Waals surface area contributed by atoms with Gasteiger partial charge in [-0.15, -0.1) is 0 Å². The van der Waals surface area contributed by atoms with Crippen molar-refractivity contribution >= 4 is 16.8 Å². The molecule has 30 heavy (non-hydrogen) atoms. The molecule has 1 heterocycles. The molecule has 0 spiro atoms. The molecule has 7 heteroatoms. The third-order valence-electron chi connectivity index (χ3n) is 6.62. The number of nitrogens with zero attached hydrogens (tertiary/aromatic N) is 1. The number of fused-ring (bicyclic) bond motifs is 1. The zero-order valence-corrected chi connectivity index (χ0v) is 16.3. The minimum Gasteiger partial charge on any atom is -0.346 e. The van der Waals surface area contributed by atoms with Gasteiger partial charge >= 0.3 is 6.18 Å². The zero-order chi connectivity index (χ0) is 21.1. The highest BCUT2D eigenvalue weighted by atomic mass is 19.4. The van der Waals surface area contributed by atoms with Gasteiger partial charge in [0.05, 0.1) is 16.6 Å². The number of aromatic nitrogens is 1. The SMILES string of the molecule is NCC12CC(NC(=O)c3cccc4ccn(Cc5ccc(C(F)(F)F)cc5)c34)(C1)C2. The van der Waals surface area contributed by atoms with Crippen LogP contribution in [0.2, 0.25) is 0 Å². The Labute approximate surface area is 171 Å². The van der Waals surface area contributed by atoms with E-state index in [2.05, 4.69) is 5.32 Å². The molecule has 1 aromatic heterocycles. The summed E-state index contributed by atoms with van der Waals surface area (Å²) in [6, 6.07) is 12.6. The van der Waals surface area contributed by atoms with E-state index < -0.39 is 11.7 Å². The normalized spacial score (nSPS) is 24.9. The first kappa shape index (κ1) is 19.2. The Morgan fingerprint density at radius 1 is 1.07 bits per heavy atom. The van der Waals surface area contributed by atoms with E-state index in [0.29, 0.717) is 18.7 Å². The first-order valence-corrected chi connectivity index (χ1v) is 9.99. The van der Waals surface area contributed by atoms with Crippen LogP contribution in [0.5, 0.6) is 0 Å². The maximum Gasteiger partial charge on any atom is 0.416 e. The van der Waals surface area contributed by atoms with E-state index >= 15 is 0 Å². The van der Waals surface area contributed by atoms with Crippen molar-refractivity contribution in [3.63, 3.8) is 0 Å². The number of nitrogens with one attached hydrogen (secondary N) is 1. The van der Waals surface area contributed by atoms with Crippen molar-refractivity contribution in [2.45, 2.75) is 37.5 Å². The van der Waals surface area contributed by atoms with Gasteiger partial charge in [-0.2, -0.15) is 13.2 Å². The number of alkyl halides is 3. The van der Waals surface area contributed by atoms with Gasteiger partial charge in [0.2, 0.25) is 0 Å². The Hall–Kier alpha value is -2.80. The van der Waals surface area contributed by atoms with E-state index in [-0.39, 0.29) is 16.9 Å². The van der Waals surface area contributed by atoms with Crippen molar-refractivity contribution in [3.8, 4) is 0 Å². The smallest absolute Gasteiger partial charge is 0.346 e. The van der Waals surface area contributed by atoms with Gasteiger partial charge in [0.15, 0.2) is 0 Å². The van der Waals surface area contributed by atoms with Crippen LogP contribution in [0.4, 0.5) is 13.2 Å². The quantitative estimate of drug-likeness (QED) is 0.655. The lowest BCUT2D eigenvalue weighted by atomic mass is 9.39. The molecule has 3 aromatic rings. The van der Waals surface area contributed by atoms with E-state index in [1.807, 2.05) is 29.0 Å². The fourth-order valence-electron chi connectivity index (χ4n) is 5.23. The van der Waals surface area contributed by atoms with Crippen LogP contribution in [0.25, 0.3) is 10.9 Å². The minimum absolute atomic E-state index is 0.113. The van der Waals surface area contributed by atoms with Crippen molar-refractivity contribution in [2.24, 2.45) is 11.1 Å². The molecule has 6 rings (SSSR count). The lowest BCUT2D eigenvalue weighted by Gasteiger charge is -2.70. The number of hydrogen-bond donors (Lipinski definition) is 2. The van der Waals surface area contributed by atoms with Crippen LogP contribution >= 0.6 is 0 Å². The summed E-state index contributed by atoms with van der Waals surface area (Å²) in [5, 5.41) is 4.12. The Morgan fingerprint density at radius 2 is 1.77 bits per heavy atom. The molecule has 3 N–H and O–H groups in total. The summed E-state index contributed by atoms with van der Waals surface area (Å²) in [4.78, 5) is 13.1. The zero-order valence-electron chi connectivity index (χ0n) is 16.3. The number of rotatable bonds is 5. The van der Waals surface area contributed by atoms with Crippen LogP contribution in [0.1, 0.15) is 40.7 Å². The second-order valence-electron chi connectivity index (χ2n) is 8.85. The molecule has 0 atom stereocenters. The van der Waals surface area contributed by atoms with E-state index in [9.17, 15) is 18.0 Å². The summed E-state index contributed by atoms with van der Waals surface area (Å²) in [6.45, 7) is 1.05. The van der Waals surface area contributed by atoms with Crippen molar-refractivity contribution in [1.82, 2.24) is 9.88 Å². The van der Waals surface area contributed by atoms with Gasteiger partial charge in [-0.25, -0.2) is 0 Å². The molecule has 3 fully saturated rings. The number of hydrogen-bond acceptors (Lipinski definition) is 2. The fourth-order valence-corrected chi connectivity index (χ4v) is 5.23. The molecular formula is C23H22F3N3O. The summed E-state index contributed by atoms with van der Waals surface area (Å²) >= 11 is 0. The number of carbonyl (C=O) groups excluding carboxylic acids is 1. The van der Waals surface area contributed by atoms with Gasteiger partial charge in [-0.05, 0) is 61.1 Å². The molecule has 156 valence electrons. The number of benzene rings is 2. The van der Waals surface area contributed by atoms with Crippen LogP contribution in [0, 0.1) is 5.41 Å². The van der Waals surface area contributed by atoms with Crippen molar-refractivity contribution in [3.05, 3.63) is 71.4 Å². The highest BCUT2D eigenvalue weighted by Gasteiger charge is 2.67. The van der Waals surface area contributed by atoms with E-state index in [1.54, 1.807) is 6.07 Å². The first-order valence-electron chi connectivity index (χ1n) is 9.99. The molecule has 3 aliphatic rings. The van der Waals surface area contributed by atoms with Gasteiger partial charge in [-0.1, -0.05) is 24.3 Å². The predicted molar refractivity (Wildman–Crippen MR) is 108 cm³/mol. The molecule has 0 unspecified atom stereocenters. The lowest BCUT2D eigenvalue weighted by molar-refractivity contribution is -0.139. The van der Waals surface area contributed by atoms with Crippen LogP contribution in [0.15, 0.2) is 54.7 Å². The molecule has 0 aliphatic heterocycles. The van der Waals surface area contributed by atoms with Crippen LogP contribution in [-0.2, 0) is 12.7 Å². The topological polar surface area (TPSA) is 60.0 Å². The summed E-state index contributed by atoms with van der Waals surface area (Å²) < 4.78 is 40.3. The van der Waals surface area contributed by atoms with Crippen molar-refractivity contribution < 1.29 is 18.0 Å². The van der Waals surface area contributed by atoms with Crippen molar-refractivity contribution in [2.75, 3.05) is 6.54 Å². The van der Waals surface area contributed by atoms with E-state index in [4.69, 9.17) is 5.73 Å². The maximum absolute atomic E-state index is 13.1. The standard InChI is InChI=1S/C23H22F3N3O/c24-23(25,26)17-6-4-15(5-7-17)10-29-9-8-16-2-1-3-18(19(16)29)20(30)28-22-11-21(12-22,13-22)14-27/h1-9H,10-14,27H2,(H,28,30). The minimum atomic E-state index is -4.35. The van der Waals surface area contributed by atoms with Gasteiger partial charge in [-0.3, -0.25) is 4.79 Å². The molecule has 3 aliphatic carbocycles. The van der Waals surface area contributed by atoms with Gasteiger partial charge < -0.3 is 15.6 Å². The summed E-state index contributed by atoms with van der Waals surface area (Å²) in [6.07, 6.45) is 0.317. The molecule has 1 amide bonds. The number of halogens is 3. The molecule has 0 saturated heterocycles. The average Bonchev–Trinajstić information content (AvgIpc) is 3.06. The number of nitrogens with two attached hydrogens (primary N) is 1. The second-order valence-corrected chi connectivity index (χ2v) is 8.85.